The summed E-state index contributed by atoms with van der Waals surface area (Å²) < 4.78 is 23.2. The molecule has 0 aliphatic rings. The van der Waals surface area contributed by atoms with Gasteiger partial charge in [-0.15, -0.1) is 4.83 Å². The van der Waals surface area contributed by atoms with E-state index < -0.39 is 17.2 Å². The van der Waals surface area contributed by atoms with Gasteiger partial charge in [-0.3, -0.25) is 9.35 Å². The minimum Gasteiger partial charge on any atom is -0.463 e. The zero-order valence-corrected chi connectivity index (χ0v) is 8.04. The van der Waals surface area contributed by atoms with Crippen LogP contribution in [-0.2, 0) is 20.8 Å². The van der Waals surface area contributed by atoms with Gasteiger partial charge in [0.2, 0.25) is 11.3 Å². The van der Waals surface area contributed by atoms with Crippen LogP contribution in [0.3, 0.4) is 0 Å². The molecule has 0 fully saturated rings. The van der Waals surface area contributed by atoms with Crippen LogP contribution in [0.5, 0.6) is 0 Å². The monoisotopic (exact) mass is 211 g/mol. The first-order valence-electron chi connectivity index (χ1n) is 3.50. The molecule has 0 spiro atoms. The van der Waals surface area contributed by atoms with Crippen molar-refractivity contribution in [2.45, 2.75) is 0 Å². The van der Waals surface area contributed by atoms with Crippen molar-refractivity contribution in [3.63, 3.8) is 0 Å². The van der Waals surface area contributed by atoms with E-state index >= 15 is 0 Å². The van der Waals surface area contributed by atoms with E-state index in [1.54, 1.807) is 0 Å². The number of carbonyl (C=O) groups excluding carboxylic acids is 1. The molecular weight excluding hydrogens is 198 g/mol. The molecule has 7 nitrogen and oxygen atoms in total. The lowest BCUT2D eigenvalue weighted by atomic mass is 10.6. The molecule has 1 unspecified atom stereocenters. The Morgan fingerprint density at radius 3 is 2.85 bits per heavy atom. The third-order valence-corrected chi connectivity index (χ3v) is 1.45. The highest BCUT2D eigenvalue weighted by atomic mass is 32.2. The van der Waals surface area contributed by atoms with Gasteiger partial charge in [0, 0.05) is 13.6 Å². The van der Waals surface area contributed by atoms with Crippen LogP contribution in [0.1, 0.15) is 0 Å². The SMILES string of the molecule is CN(CC(=O)OCCN)NS(=O)O. The van der Waals surface area contributed by atoms with E-state index in [4.69, 9.17) is 10.3 Å². The van der Waals surface area contributed by atoms with E-state index in [9.17, 15) is 9.00 Å². The molecule has 0 aromatic rings. The number of carbonyl (C=O) groups is 1. The number of likely N-dealkylation sites (N-methyl/N-ethyl adjacent to an activating group) is 1. The molecule has 0 saturated carbocycles. The van der Waals surface area contributed by atoms with Crippen molar-refractivity contribution in [3.8, 4) is 0 Å². The summed E-state index contributed by atoms with van der Waals surface area (Å²) in [4.78, 5) is 12.9. The topological polar surface area (TPSA) is 105 Å². The second kappa shape index (κ2) is 6.92. The highest BCUT2D eigenvalue weighted by molar-refractivity contribution is 7.77. The third kappa shape index (κ3) is 7.81. The lowest BCUT2D eigenvalue weighted by Crippen LogP contribution is -2.39. The zero-order valence-electron chi connectivity index (χ0n) is 7.23. The predicted molar refractivity (Wildman–Crippen MR) is 46.6 cm³/mol. The third-order valence-electron chi connectivity index (χ3n) is 0.981. The maximum atomic E-state index is 10.9. The van der Waals surface area contributed by atoms with Crippen LogP contribution < -0.4 is 10.6 Å². The van der Waals surface area contributed by atoms with Gasteiger partial charge in [0.25, 0.3) is 0 Å². The summed E-state index contributed by atoms with van der Waals surface area (Å²) in [6, 6.07) is 0. The van der Waals surface area contributed by atoms with Crippen LogP contribution in [-0.4, -0.2) is 46.5 Å². The molecule has 0 rings (SSSR count). The van der Waals surface area contributed by atoms with Gasteiger partial charge >= 0.3 is 5.97 Å². The summed E-state index contributed by atoms with van der Waals surface area (Å²) in [7, 11) is 1.44. The average Bonchev–Trinajstić information content (AvgIpc) is 1.98. The molecule has 4 N–H and O–H groups in total. The first-order valence-corrected chi connectivity index (χ1v) is 4.61. The van der Waals surface area contributed by atoms with Crippen molar-refractivity contribution in [2.75, 3.05) is 26.7 Å². The first kappa shape index (κ1) is 12.5. The number of hydrogen-bond donors (Lipinski definition) is 3. The Hall–Kier alpha value is -0.540. The smallest absolute Gasteiger partial charge is 0.321 e. The maximum Gasteiger partial charge on any atom is 0.321 e. The summed E-state index contributed by atoms with van der Waals surface area (Å²) in [6.45, 7) is 0.288. The summed E-state index contributed by atoms with van der Waals surface area (Å²) in [5.41, 5.74) is 5.09. The summed E-state index contributed by atoms with van der Waals surface area (Å²) in [6.07, 6.45) is 0. The van der Waals surface area contributed by atoms with Crippen LogP contribution in [0.25, 0.3) is 0 Å². The Labute approximate surface area is 78.6 Å². The van der Waals surface area contributed by atoms with Gasteiger partial charge in [0.15, 0.2) is 0 Å². The highest BCUT2D eigenvalue weighted by Crippen LogP contribution is 1.82. The average molecular weight is 211 g/mol. The number of hydrazine groups is 1. The molecule has 0 aliphatic carbocycles. The maximum absolute atomic E-state index is 10.9. The molecule has 78 valence electrons. The van der Waals surface area contributed by atoms with Gasteiger partial charge in [0.1, 0.15) is 13.2 Å². The van der Waals surface area contributed by atoms with Gasteiger partial charge < -0.3 is 10.5 Å². The quantitative estimate of drug-likeness (QED) is 0.268. The van der Waals surface area contributed by atoms with Gasteiger partial charge in [-0.25, -0.2) is 9.22 Å². The van der Waals surface area contributed by atoms with Crippen molar-refractivity contribution >= 4 is 17.2 Å². The van der Waals surface area contributed by atoms with Crippen molar-refractivity contribution < 1.29 is 18.3 Å². The minimum absolute atomic E-state index is 0.119. The Morgan fingerprint density at radius 1 is 1.77 bits per heavy atom. The summed E-state index contributed by atoms with van der Waals surface area (Å²) in [5, 5.41) is 1.15. The minimum atomic E-state index is -2.17. The summed E-state index contributed by atoms with van der Waals surface area (Å²) in [5.74, 6) is -0.508. The molecule has 0 heterocycles. The lowest BCUT2D eigenvalue weighted by molar-refractivity contribution is -0.144. The number of nitrogens with one attached hydrogen (secondary N) is 1. The van der Waals surface area contributed by atoms with Crippen LogP contribution >= 0.6 is 0 Å². The molecule has 13 heavy (non-hydrogen) atoms. The van der Waals surface area contributed by atoms with Crippen molar-refractivity contribution in [1.82, 2.24) is 9.84 Å². The Balaban J connectivity index is 3.59. The van der Waals surface area contributed by atoms with E-state index in [-0.39, 0.29) is 19.7 Å². The lowest BCUT2D eigenvalue weighted by Gasteiger charge is -2.13. The first-order chi connectivity index (χ1) is 6.06. The Kier molecular flexibility index (Phi) is 6.63. The molecule has 0 aromatic heterocycles. The number of nitrogens with zero attached hydrogens (tertiary/aromatic N) is 1. The van der Waals surface area contributed by atoms with E-state index in [0.29, 0.717) is 0 Å². The molecular formula is C5H13N3O4S. The molecule has 0 bridgehead atoms. The zero-order chi connectivity index (χ0) is 10.3. The molecule has 0 aliphatic heterocycles. The van der Waals surface area contributed by atoms with E-state index in [1.165, 1.54) is 7.05 Å². The fraction of sp³-hybridized carbons (Fsp3) is 0.800. The van der Waals surface area contributed by atoms with Gasteiger partial charge in [-0.2, -0.15) is 0 Å². The number of hydrogen-bond acceptors (Lipinski definition) is 5. The summed E-state index contributed by atoms with van der Waals surface area (Å²) >= 11 is -2.17. The van der Waals surface area contributed by atoms with Crippen LogP contribution in [0.4, 0.5) is 0 Å². The molecule has 0 amide bonds. The van der Waals surface area contributed by atoms with Gasteiger partial charge in [-0.1, -0.05) is 0 Å². The molecule has 1 atom stereocenters. The molecule has 0 radical (unpaired) electrons. The van der Waals surface area contributed by atoms with Crippen molar-refractivity contribution in [2.24, 2.45) is 5.73 Å². The Morgan fingerprint density at radius 2 is 2.38 bits per heavy atom. The number of rotatable bonds is 6. The van der Waals surface area contributed by atoms with Gasteiger partial charge in [0.05, 0.1) is 0 Å². The molecule has 0 aromatic carbocycles. The normalized spacial score (nSPS) is 12.9. The number of ether oxygens (including phenoxy) is 1. The van der Waals surface area contributed by atoms with Crippen LogP contribution in [0.2, 0.25) is 0 Å². The second-order valence-corrected chi connectivity index (χ2v) is 2.89. The van der Waals surface area contributed by atoms with Crippen molar-refractivity contribution in [3.05, 3.63) is 0 Å². The molecule has 0 saturated heterocycles. The largest absolute Gasteiger partial charge is 0.463 e. The van der Waals surface area contributed by atoms with E-state index in [0.717, 1.165) is 5.01 Å². The standard InChI is InChI=1S/C5H13N3O4S/c1-8(7-13(10)11)4-5(9)12-3-2-6/h7H,2-4,6H2,1H3,(H,10,11). The van der Waals surface area contributed by atoms with E-state index in [1.807, 2.05) is 0 Å². The molecule has 8 heteroatoms. The van der Waals surface area contributed by atoms with Crippen molar-refractivity contribution in [1.29, 1.82) is 0 Å². The van der Waals surface area contributed by atoms with Crippen LogP contribution in [0.15, 0.2) is 0 Å². The Bertz CT molecular complexity index is 189. The number of nitrogens with two attached hydrogens (primary N) is 1. The van der Waals surface area contributed by atoms with E-state index in [2.05, 4.69) is 9.57 Å². The fourth-order valence-electron chi connectivity index (χ4n) is 0.578. The van der Waals surface area contributed by atoms with Gasteiger partial charge in [-0.05, 0) is 0 Å². The fourth-order valence-corrected chi connectivity index (χ4v) is 0.909. The van der Waals surface area contributed by atoms with Crippen LogP contribution in [0, 0.1) is 0 Å². The second-order valence-electron chi connectivity index (χ2n) is 2.21. The highest BCUT2D eigenvalue weighted by Gasteiger charge is 2.08. The number of esters is 1. The predicted octanol–water partition coefficient (Wildman–Crippen LogP) is -1.94.